The first-order valence-corrected chi connectivity index (χ1v) is 16.3. The van der Waals surface area contributed by atoms with Crippen molar-refractivity contribution in [1.29, 1.82) is 0 Å². The maximum atomic E-state index is 15.4. The Bertz CT molecular complexity index is 701. The first kappa shape index (κ1) is 39.5. The fraction of sp³-hybridized carbons (Fsp3) is 1.00. The van der Waals surface area contributed by atoms with Gasteiger partial charge in [-0.25, -0.2) is 8.78 Å². The molecule has 2 atom stereocenters. The Labute approximate surface area is 233 Å². The Morgan fingerprint density at radius 1 is 0.575 bits per heavy atom. The van der Waals surface area contributed by atoms with Gasteiger partial charge < -0.3 is 9.79 Å². The maximum absolute atomic E-state index is 15.4. The second-order valence-electron chi connectivity index (χ2n) is 10.9. The third-order valence-corrected chi connectivity index (χ3v) is 8.39. The van der Waals surface area contributed by atoms with Crippen LogP contribution in [0.2, 0.25) is 0 Å². The largest absolute Gasteiger partial charge is 0.398 e. The number of rotatable bonds is 25. The Balaban J connectivity index is 4.76. The highest BCUT2D eigenvalue weighted by atomic mass is 31.2. The van der Waals surface area contributed by atoms with E-state index in [4.69, 9.17) is 9.79 Å². The van der Waals surface area contributed by atoms with Crippen LogP contribution < -0.4 is 0 Å². The maximum Gasteiger partial charge on any atom is 0.398 e. The summed E-state index contributed by atoms with van der Waals surface area (Å²) in [6.45, 7) is 2.08. The van der Waals surface area contributed by atoms with E-state index >= 15 is 4.39 Å². The predicted molar refractivity (Wildman–Crippen MR) is 139 cm³/mol. The molecule has 0 bridgehead atoms. The van der Waals surface area contributed by atoms with Crippen LogP contribution >= 0.6 is 7.60 Å². The molecule has 40 heavy (non-hydrogen) atoms. The van der Waals surface area contributed by atoms with Gasteiger partial charge in [0.2, 0.25) is 0 Å². The Morgan fingerprint density at radius 2 is 0.925 bits per heavy atom. The van der Waals surface area contributed by atoms with Gasteiger partial charge in [-0.3, -0.25) is 4.57 Å². The molecule has 0 spiro atoms. The van der Waals surface area contributed by atoms with E-state index in [1.54, 1.807) is 0 Å². The normalized spacial score (nSPS) is 15.8. The standard InChI is InChI=1S/C27H48F9O3P/c1-2-3-4-5-6-7-9-12-15-18-21-24(29,27(35,36)40(37,38)39)26(33,34)23(28)20-17-14-11-8-10-13-16-19-22-25(30,31)32/h23H,2-22H2,1H3,(H2,37,38,39). The van der Waals surface area contributed by atoms with Gasteiger partial charge in [0, 0.05) is 6.42 Å². The average Bonchev–Trinajstić information content (AvgIpc) is 2.84. The molecule has 0 aliphatic rings. The molecular weight excluding hydrogens is 574 g/mol. The molecule has 0 aromatic rings. The summed E-state index contributed by atoms with van der Waals surface area (Å²) in [7, 11) is -6.69. The van der Waals surface area contributed by atoms with Crippen LogP contribution in [0.3, 0.4) is 0 Å². The average molecular weight is 623 g/mol. The van der Waals surface area contributed by atoms with E-state index in [0.29, 0.717) is 44.9 Å². The van der Waals surface area contributed by atoms with Crippen LogP contribution in [0.15, 0.2) is 0 Å². The topological polar surface area (TPSA) is 57.5 Å². The van der Waals surface area contributed by atoms with Crippen LogP contribution in [-0.2, 0) is 4.57 Å². The number of unbranched alkanes of at least 4 members (excludes halogenated alkanes) is 16. The lowest BCUT2D eigenvalue weighted by Crippen LogP contribution is -2.60. The third-order valence-electron chi connectivity index (χ3n) is 7.31. The summed E-state index contributed by atoms with van der Waals surface area (Å²) < 4.78 is 136. The van der Waals surface area contributed by atoms with Crippen molar-refractivity contribution in [2.45, 2.75) is 171 Å². The lowest BCUT2D eigenvalue weighted by molar-refractivity contribution is -0.249. The quantitative estimate of drug-likeness (QED) is 0.0605. The highest BCUT2D eigenvalue weighted by molar-refractivity contribution is 7.53. The van der Waals surface area contributed by atoms with Crippen LogP contribution in [0.5, 0.6) is 0 Å². The van der Waals surface area contributed by atoms with Gasteiger partial charge in [-0.05, 0) is 25.7 Å². The summed E-state index contributed by atoms with van der Waals surface area (Å²) in [5.74, 6) is -5.34. The second-order valence-corrected chi connectivity index (χ2v) is 12.5. The SMILES string of the molecule is CCCCCCCCCCCCC(F)(C(F)(F)C(F)CCCCCCCCCCC(F)(F)F)C(F)(F)P(=O)(O)O. The summed E-state index contributed by atoms with van der Waals surface area (Å²) in [5.41, 5.74) is -10.8. The highest BCUT2D eigenvalue weighted by Gasteiger charge is 2.77. The third kappa shape index (κ3) is 14.1. The molecule has 3 nitrogen and oxygen atoms in total. The predicted octanol–water partition coefficient (Wildman–Crippen LogP) is 11.2. The van der Waals surface area contributed by atoms with Gasteiger partial charge in [0.1, 0.15) is 0 Å². The highest BCUT2D eigenvalue weighted by Crippen LogP contribution is 2.65. The van der Waals surface area contributed by atoms with Crippen molar-refractivity contribution in [3.05, 3.63) is 0 Å². The van der Waals surface area contributed by atoms with Gasteiger partial charge in [0.15, 0.2) is 6.17 Å². The Kier molecular flexibility index (Phi) is 18.7. The molecule has 242 valence electrons. The molecule has 0 aliphatic carbocycles. The molecule has 2 N–H and O–H groups in total. The van der Waals surface area contributed by atoms with Crippen LogP contribution in [-0.4, -0.2) is 39.4 Å². The number of hydrogen-bond donors (Lipinski definition) is 2. The zero-order valence-electron chi connectivity index (χ0n) is 23.6. The van der Waals surface area contributed by atoms with Gasteiger partial charge in [0.25, 0.3) is 5.67 Å². The molecule has 0 saturated carbocycles. The summed E-state index contributed by atoms with van der Waals surface area (Å²) in [6.07, 6.45) is -1.66. The van der Waals surface area contributed by atoms with Crippen LogP contribution in [0.25, 0.3) is 0 Å². The number of hydrogen-bond acceptors (Lipinski definition) is 1. The molecule has 0 fully saturated rings. The van der Waals surface area contributed by atoms with E-state index in [1.165, 1.54) is 0 Å². The van der Waals surface area contributed by atoms with Crippen molar-refractivity contribution in [2.24, 2.45) is 0 Å². The van der Waals surface area contributed by atoms with E-state index < -0.39 is 62.9 Å². The molecule has 0 heterocycles. The van der Waals surface area contributed by atoms with Crippen molar-refractivity contribution < 1.29 is 53.9 Å². The van der Waals surface area contributed by atoms with Crippen LogP contribution in [0.4, 0.5) is 39.5 Å². The van der Waals surface area contributed by atoms with Gasteiger partial charge in [0.05, 0.1) is 0 Å². The van der Waals surface area contributed by atoms with Crippen molar-refractivity contribution in [3.63, 3.8) is 0 Å². The molecule has 0 radical (unpaired) electrons. The summed E-state index contributed by atoms with van der Waals surface area (Å²) in [4.78, 5) is 18.0. The van der Waals surface area contributed by atoms with E-state index in [0.717, 1.165) is 38.5 Å². The molecule has 0 amide bonds. The summed E-state index contributed by atoms with van der Waals surface area (Å²) >= 11 is 0. The second kappa shape index (κ2) is 18.9. The van der Waals surface area contributed by atoms with E-state index in [2.05, 4.69) is 6.92 Å². The fourth-order valence-corrected chi connectivity index (χ4v) is 5.47. The van der Waals surface area contributed by atoms with Crippen molar-refractivity contribution >= 4 is 7.60 Å². The minimum absolute atomic E-state index is 0.00542. The van der Waals surface area contributed by atoms with Crippen LogP contribution in [0.1, 0.15) is 142 Å². The molecule has 13 heteroatoms. The minimum Gasteiger partial charge on any atom is -0.320 e. The molecule has 0 saturated heterocycles. The smallest absolute Gasteiger partial charge is 0.320 e. The fourth-order valence-electron chi connectivity index (χ4n) is 4.74. The van der Waals surface area contributed by atoms with Gasteiger partial charge >= 0.3 is 25.4 Å². The molecular formula is C27H48F9O3P. The minimum atomic E-state index is -6.69. The van der Waals surface area contributed by atoms with E-state index in [-0.39, 0.29) is 25.7 Å². The first-order valence-electron chi connectivity index (χ1n) is 14.6. The molecule has 0 rings (SSSR count). The molecule has 2 unspecified atom stereocenters. The Morgan fingerprint density at radius 3 is 1.30 bits per heavy atom. The van der Waals surface area contributed by atoms with Gasteiger partial charge in [-0.1, -0.05) is 110 Å². The van der Waals surface area contributed by atoms with E-state index in [1.807, 2.05) is 0 Å². The number of halogens is 9. The summed E-state index contributed by atoms with van der Waals surface area (Å²) in [5, 5.41) is 0. The summed E-state index contributed by atoms with van der Waals surface area (Å²) in [6, 6.07) is 0. The number of alkyl halides is 9. The molecule has 0 aromatic heterocycles. The van der Waals surface area contributed by atoms with Crippen molar-refractivity contribution in [2.75, 3.05) is 0 Å². The zero-order chi connectivity index (χ0) is 30.9. The van der Waals surface area contributed by atoms with Gasteiger partial charge in [-0.15, -0.1) is 0 Å². The lowest BCUT2D eigenvalue weighted by Gasteiger charge is -2.40. The van der Waals surface area contributed by atoms with E-state index in [9.17, 15) is 39.7 Å². The zero-order valence-corrected chi connectivity index (χ0v) is 24.5. The lowest BCUT2D eigenvalue weighted by atomic mass is 9.86. The van der Waals surface area contributed by atoms with Crippen LogP contribution in [0, 0.1) is 0 Å². The van der Waals surface area contributed by atoms with Crippen molar-refractivity contribution in [3.8, 4) is 0 Å². The molecule has 0 aliphatic heterocycles. The van der Waals surface area contributed by atoms with Crippen molar-refractivity contribution in [1.82, 2.24) is 0 Å². The molecule has 0 aromatic carbocycles. The monoisotopic (exact) mass is 622 g/mol. The first-order chi connectivity index (χ1) is 18.4. The van der Waals surface area contributed by atoms with Gasteiger partial charge in [-0.2, -0.15) is 30.7 Å². The Hall–Kier alpha value is -0.480.